The molecule has 1 aromatic carbocycles. The topological polar surface area (TPSA) is 38.9 Å². The second kappa shape index (κ2) is 4.78. The third-order valence-corrected chi connectivity index (χ3v) is 4.27. The van der Waals surface area contributed by atoms with E-state index in [1.165, 1.54) is 6.07 Å². The summed E-state index contributed by atoms with van der Waals surface area (Å²) in [6.07, 6.45) is 0. The molecule has 1 heterocycles. The Morgan fingerprint density at radius 1 is 1.39 bits per heavy atom. The molecule has 0 fully saturated rings. The van der Waals surface area contributed by atoms with Crippen molar-refractivity contribution in [2.24, 2.45) is 5.73 Å². The number of thiazole rings is 1. The van der Waals surface area contributed by atoms with Crippen molar-refractivity contribution in [3.8, 4) is 11.3 Å². The molecule has 2 rings (SSSR count). The highest BCUT2D eigenvalue weighted by atomic mass is 32.1. The van der Waals surface area contributed by atoms with E-state index in [-0.39, 0.29) is 11.2 Å². The van der Waals surface area contributed by atoms with E-state index >= 15 is 0 Å². The summed E-state index contributed by atoms with van der Waals surface area (Å²) in [7, 11) is 0. The van der Waals surface area contributed by atoms with Crippen molar-refractivity contribution in [2.75, 3.05) is 6.54 Å². The third-order valence-electron chi connectivity index (χ3n) is 3.06. The summed E-state index contributed by atoms with van der Waals surface area (Å²) in [5, 5.41) is 2.94. The first kappa shape index (κ1) is 13.2. The van der Waals surface area contributed by atoms with E-state index in [9.17, 15) is 4.39 Å². The number of halogens is 1. The normalized spacial score (nSPS) is 11.8. The number of hydrogen-bond acceptors (Lipinski definition) is 3. The van der Waals surface area contributed by atoms with Crippen LogP contribution in [0.5, 0.6) is 0 Å². The lowest BCUT2D eigenvalue weighted by Crippen LogP contribution is -2.27. The predicted molar refractivity (Wildman–Crippen MR) is 74.3 cm³/mol. The van der Waals surface area contributed by atoms with Crippen LogP contribution in [0.3, 0.4) is 0 Å². The summed E-state index contributed by atoms with van der Waals surface area (Å²) in [6.45, 7) is 6.42. The van der Waals surface area contributed by atoms with Gasteiger partial charge in [-0.2, -0.15) is 0 Å². The molecule has 0 aliphatic carbocycles. The fourth-order valence-corrected chi connectivity index (χ4v) is 2.52. The Bertz CT molecular complexity index is 561. The number of nitrogens with two attached hydrogens (primary N) is 1. The van der Waals surface area contributed by atoms with Crippen molar-refractivity contribution in [1.82, 2.24) is 4.98 Å². The van der Waals surface area contributed by atoms with Crippen molar-refractivity contribution in [2.45, 2.75) is 26.2 Å². The summed E-state index contributed by atoms with van der Waals surface area (Å²) >= 11 is 1.57. The van der Waals surface area contributed by atoms with Crippen molar-refractivity contribution < 1.29 is 4.39 Å². The zero-order chi connectivity index (χ0) is 13.3. The Morgan fingerprint density at radius 3 is 2.72 bits per heavy atom. The Hall–Kier alpha value is -1.26. The van der Waals surface area contributed by atoms with Crippen LogP contribution in [-0.2, 0) is 5.41 Å². The smallest absolute Gasteiger partial charge is 0.126 e. The molecule has 0 amide bonds. The van der Waals surface area contributed by atoms with E-state index in [4.69, 9.17) is 5.73 Å². The molecular formula is C14H17FN2S. The van der Waals surface area contributed by atoms with Crippen LogP contribution >= 0.6 is 11.3 Å². The van der Waals surface area contributed by atoms with E-state index in [2.05, 4.69) is 18.8 Å². The average molecular weight is 264 g/mol. The molecular weight excluding hydrogens is 247 g/mol. The first-order valence-corrected chi connectivity index (χ1v) is 6.74. The zero-order valence-electron chi connectivity index (χ0n) is 10.8. The van der Waals surface area contributed by atoms with E-state index in [1.54, 1.807) is 24.3 Å². The zero-order valence-corrected chi connectivity index (χ0v) is 11.6. The maximum Gasteiger partial charge on any atom is 0.126 e. The van der Waals surface area contributed by atoms with Gasteiger partial charge < -0.3 is 5.73 Å². The molecule has 2 nitrogen and oxygen atoms in total. The van der Waals surface area contributed by atoms with Crippen LogP contribution in [-0.4, -0.2) is 11.5 Å². The second-order valence-electron chi connectivity index (χ2n) is 5.09. The van der Waals surface area contributed by atoms with Crippen LogP contribution in [0.2, 0.25) is 0 Å². The molecule has 0 saturated carbocycles. The fraction of sp³-hybridized carbons (Fsp3) is 0.357. The average Bonchev–Trinajstić information content (AvgIpc) is 2.83. The molecule has 0 bridgehead atoms. The Balaban J connectivity index is 2.38. The van der Waals surface area contributed by atoms with Gasteiger partial charge in [0.2, 0.25) is 0 Å². The maximum absolute atomic E-state index is 13.5. The molecule has 4 heteroatoms. The molecule has 0 atom stereocenters. The number of benzene rings is 1. The lowest BCUT2D eigenvalue weighted by atomic mass is 9.95. The van der Waals surface area contributed by atoms with Gasteiger partial charge in [-0.25, -0.2) is 9.37 Å². The van der Waals surface area contributed by atoms with Crippen molar-refractivity contribution in [3.63, 3.8) is 0 Å². The van der Waals surface area contributed by atoms with Gasteiger partial charge in [-0.05, 0) is 18.6 Å². The summed E-state index contributed by atoms with van der Waals surface area (Å²) in [5.41, 5.74) is 7.88. The van der Waals surface area contributed by atoms with Gasteiger partial charge in [0.15, 0.2) is 0 Å². The number of rotatable bonds is 3. The summed E-state index contributed by atoms with van der Waals surface area (Å²) in [4.78, 5) is 4.57. The van der Waals surface area contributed by atoms with Crippen LogP contribution in [0.25, 0.3) is 11.3 Å². The molecule has 0 aliphatic rings. The van der Waals surface area contributed by atoms with E-state index in [1.807, 2.05) is 11.4 Å². The fourth-order valence-electron chi connectivity index (χ4n) is 1.56. The second-order valence-corrected chi connectivity index (χ2v) is 5.95. The van der Waals surface area contributed by atoms with E-state index < -0.39 is 0 Å². The number of aromatic nitrogens is 1. The SMILES string of the molecule is Cc1ccc(-c2csc(C(C)(C)CN)n2)cc1F. The maximum atomic E-state index is 13.5. The molecule has 2 N–H and O–H groups in total. The first-order valence-electron chi connectivity index (χ1n) is 5.86. The third kappa shape index (κ3) is 2.44. The largest absolute Gasteiger partial charge is 0.330 e. The van der Waals surface area contributed by atoms with Gasteiger partial charge in [0.1, 0.15) is 10.8 Å². The van der Waals surface area contributed by atoms with Crippen molar-refractivity contribution in [1.29, 1.82) is 0 Å². The number of hydrogen-bond donors (Lipinski definition) is 1. The molecule has 0 spiro atoms. The van der Waals surface area contributed by atoms with Gasteiger partial charge in [0.05, 0.1) is 5.69 Å². The molecule has 2 aromatic rings. The molecule has 96 valence electrons. The van der Waals surface area contributed by atoms with Gasteiger partial charge in [-0.15, -0.1) is 11.3 Å². The van der Waals surface area contributed by atoms with E-state index in [0.29, 0.717) is 12.1 Å². The molecule has 0 radical (unpaired) electrons. The molecule has 0 unspecified atom stereocenters. The molecule has 0 saturated heterocycles. The van der Waals surface area contributed by atoms with Crippen molar-refractivity contribution >= 4 is 11.3 Å². The summed E-state index contributed by atoms with van der Waals surface area (Å²) in [5.74, 6) is -0.194. The molecule has 1 aromatic heterocycles. The minimum absolute atomic E-state index is 0.133. The van der Waals surface area contributed by atoms with Gasteiger partial charge in [-0.3, -0.25) is 0 Å². The van der Waals surface area contributed by atoms with Gasteiger partial charge in [-0.1, -0.05) is 26.0 Å². The minimum atomic E-state index is -0.194. The van der Waals surface area contributed by atoms with Crippen molar-refractivity contribution in [3.05, 3.63) is 40.0 Å². The lowest BCUT2D eigenvalue weighted by molar-refractivity contribution is 0.536. The molecule has 0 aliphatic heterocycles. The predicted octanol–water partition coefficient (Wildman–Crippen LogP) is 3.49. The Morgan fingerprint density at radius 2 is 2.11 bits per heavy atom. The first-order chi connectivity index (χ1) is 8.44. The highest BCUT2D eigenvalue weighted by Gasteiger charge is 2.22. The highest BCUT2D eigenvalue weighted by molar-refractivity contribution is 7.10. The monoisotopic (exact) mass is 264 g/mol. The Labute approximate surface area is 111 Å². The Kier molecular flexibility index (Phi) is 3.50. The highest BCUT2D eigenvalue weighted by Crippen LogP contribution is 2.30. The van der Waals surface area contributed by atoms with Crippen LogP contribution < -0.4 is 5.73 Å². The minimum Gasteiger partial charge on any atom is -0.330 e. The van der Waals surface area contributed by atoms with E-state index in [0.717, 1.165) is 16.3 Å². The lowest BCUT2D eigenvalue weighted by Gasteiger charge is -2.18. The van der Waals surface area contributed by atoms with Gasteiger partial charge >= 0.3 is 0 Å². The van der Waals surface area contributed by atoms with Crippen LogP contribution in [0, 0.1) is 12.7 Å². The van der Waals surface area contributed by atoms with Gasteiger partial charge in [0.25, 0.3) is 0 Å². The van der Waals surface area contributed by atoms with Crippen LogP contribution in [0.4, 0.5) is 4.39 Å². The molecule has 18 heavy (non-hydrogen) atoms. The van der Waals surface area contributed by atoms with Crippen LogP contribution in [0.1, 0.15) is 24.4 Å². The number of aryl methyl sites for hydroxylation is 1. The summed E-state index contributed by atoms with van der Waals surface area (Å²) < 4.78 is 13.5. The van der Waals surface area contributed by atoms with Crippen LogP contribution in [0.15, 0.2) is 23.6 Å². The quantitative estimate of drug-likeness (QED) is 0.921. The number of nitrogens with zero attached hydrogens (tertiary/aromatic N) is 1. The standard InChI is InChI=1S/C14H17FN2S/c1-9-4-5-10(6-11(9)15)12-7-18-13(17-12)14(2,3)8-16/h4-7H,8,16H2,1-3H3. The van der Waals surface area contributed by atoms with Gasteiger partial charge in [0, 0.05) is 22.9 Å². The summed E-state index contributed by atoms with van der Waals surface area (Å²) in [6, 6.07) is 5.20.